The van der Waals surface area contributed by atoms with Gasteiger partial charge in [0, 0.05) is 19.1 Å². The van der Waals surface area contributed by atoms with Crippen molar-refractivity contribution in [2.24, 2.45) is 0 Å². The molecular formula is C18H25N3O3. The molecule has 1 aromatic carbocycles. The largest absolute Gasteiger partial charge is 0.444 e. The zero-order valence-corrected chi connectivity index (χ0v) is 14.8. The van der Waals surface area contributed by atoms with Crippen LogP contribution in [0.4, 0.5) is 4.79 Å². The number of likely N-dealkylation sites (tertiary alicyclic amines) is 1. The van der Waals surface area contributed by atoms with Gasteiger partial charge in [0.1, 0.15) is 5.60 Å². The Hall–Kier alpha value is -2.24. The first-order valence-corrected chi connectivity index (χ1v) is 8.43. The SMILES string of the molecule is Cc1ccc2c(c1)[nH]c(=O)n2C1CCN(C(=O)OC(C)(C)C)CC1. The summed E-state index contributed by atoms with van der Waals surface area (Å²) in [4.78, 5) is 29.2. The van der Waals surface area contributed by atoms with Gasteiger partial charge in [0.2, 0.25) is 0 Å². The summed E-state index contributed by atoms with van der Waals surface area (Å²) in [6, 6.07) is 6.10. The van der Waals surface area contributed by atoms with Crippen molar-refractivity contribution in [3.63, 3.8) is 0 Å². The van der Waals surface area contributed by atoms with E-state index in [1.165, 1.54) is 0 Å². The number of carbonyl (C=O) groups is 1. The van der Waals surface area contributed by atoms with Gasteiger partial charge in [-0.05, 0) is 58.2 Å². The molecule has 1 aliphatic rings. The summed E-state index contributed by atoms with van der Waals surface area (Å²) in [5.41, 5.74) is 2.36. The normalized spacial score (nSPS) is 16.6. The van der Waals surface area contributed by atoms with Crippen LogP contribution in [0.15, 0.2) is 23.0 Å². The molecule has 0 atom stereocenters. The fourth-order valence-corrected chi connectivity index (χ4v) is 3.24. The highest BCUT2D eigenvalue weighted by atomic mass is 16.6. The Bertz CT molecular complexity index is 805. The lowest BCUT2D eigenvalue weighted by Gasteiger charge is -2.33. The van der Waals surface area contributed by atoms with Crippen molar-refractivity contribution in [1.82, 2.24) is 14.5 Å². The molecule has 1 N–H and O–H groups in total. The predicted molar refractivity (Wildman–Crippen MR) is 93.4 cm³/mol. The second kappa shape index (κ2) is 6.00. The van der Waals surface area contributed by atoms with Crippen LogP contribution in [0.1, 0.15) is 45.2 Å². The Morgan fingerprint density at radius 1 is 1.25 bits per heavy atom. The van der Waals surface area contributed by atoms with Crippen LogP contribution in [0.3, 0.4) is 0 Å². The van der Waals surface area contributed by atoms with Crippen molar-refractivity contribution >= 4 is 17.1 Å². The number of amides is 1. The summed E-state index contributed by atoms with van der Waals surface area (Å²) in [6.07, 6.45) is 1.22. The molecule has 1 fully saturated rings. The molecule has 6 nitrogen and oxygen atoms in total. The lowest BCUT2D eigenvalue weighted by Crippen LogP contribution is -2.43. The molecule has 0 saturated carbocycles. The van der Waals surface area contributed by atoms with Crippen LogP contribution in [0.25, 0.3) is 11.0 Å². The second-order valence-electron chi connectivity index (χ2n) is 7.52. The van der Waals surface area contributed by atoms with E-state index >= 15 is 0 Å². The van der Waals surface area contributed by atoms with E-state index in [0.29, 0.717) is 13.1 Å². The molecule has 0 bridgehead atoms. The van der Waals surface area contributed by atoms with E-state index in [4.69, 9.17) is 4.74 Å². The number of H-pyrrole nitrogens is 1. The van der Waals surface area contributed by atoms with Gasteiger partial charge < -0.3 is 14.6 Å². The van der Waals surface area contributed by atoms with Crippen LogP contribution >= 0.6 is 0 Å². The molecule has 1 aliphatic heterocycles. The number of nitrogens with zero attached hydrogens (tertiary/aromatic N) is 2. The first-order valence-electron chi connectivity index (χ1n) is 8.43. The highest BCUT2D eigenvalue weighted by Crippen LogP contribution is 2.26. The Balaban J connectivity index is 1.75. The Labute approximate surface area is 141 Å². The van der Waals surface area contributed by atoms with Crippen LogP contribution in [-0.4, -0.2) is 39.2 Å². The van der Waals surface area contributed by atoms with Crippen LogP contribution in [0, 0.1) is 6.92 Å². The number of aromatic amines is 1. The van der Waals surface area contributed by atoms with E-state index in [2.05, 4.69) is 4.98 Å². The van der Waals surface area contributed by atoms with Crippen molar-refractivity contribution < 1.29 is 9.53 Å². The predicted octanol–water partition coefficient (Wildman–Crippen LogP) is 3.21. The van der Waals surface area contributed by atoms with Gasteiger partial charge in [-0.15, -0.1) is 0 Å². The topological polar surface area (TPSA) is 67.3 Å². The van der Waals surface area contributed by atoms with E-state index in [0.717, 1.165) is 29.4 Å². The maximum absolute atomic E-state index is 12.4. The summed E-state index contributed by atoms with van der Waals surface area (Å²) >= 11 is 0. The number of nitrogens with one attached hydrogen (secondary N) is 1. The van der Waals surface area contributed by atoms with E-state index in [1.807, 2.05) is 50.5 Å². The number of hydrogen-bond acceptors (Lipinski definition) is 3. The Morgan fingerprint density at radius 3 is 2.54 bits per heavy atom. The number of ether oxygens (including phenoxy) is 1. The molecule has 130 valence electrons. The van der Waals surface area contributed by atoms with Crippen molar-refractivity contribution in [1.29, 1.82) is 0 Å². The monoisotopic (exact) mass is 331 g/mol. The fraction of sp³-hybridized carbons (Fsp3) is 0.556. The van der Waals surface area contributed by atoms with Crippen molar-refractivity contribution in [2.75, 3.05) is 13.1 Å². The first-order chi connectivity index (χ1) is 11.2. The van der Waals surface area contributed by atoms with Gasteiger partial charge in [0.25, 0.3) is 0 Å². The van der Waals surface area contributed by atoms with Crippen LogP contribution < -0.4 is 5.69 Å². The third-order valence-electron chi connectivity index (χ3n) is 4.35. The first kappa shape index (κ1) is 16.6. The van der Waals surface area contributed by atoms with Crippen molar-refractivity contribution in [3.05, 3.63) is 34.2 Å². The van der Waals surface area contributed by atoms with Crippen molar-refractivity contribution in [2.45, 2.75) is 52.2 Å². The molecule has 1 saturated heterocycles. The molecule has 2 heterocycles. The van der Waals surface area contributed by atoms with Gasteiger partial charge in [0.05, 0.1) is 11.0 Å². The average Bonchev–Trinajstić information content (AvgIpc) is 2.80. The molecule has 1 aromatic heterocycles. The number of benzene rings is 1. The number of fused-ring (bicyclic) bond motifs is 1. The minimum atomic E-state index is -0.487. The van der Waals surface area contributed by atoms with Crippen LogP contribution in [-0.2, 0) is 4.74 Å². The van der Waals surface area contributed by atoms with Gasteiger partial charge >= 0.3 is 11.8 Å². The number of carbonyl (C=O) groups excluding carboxylic acids is 1. The highest BCUT2D eigenvalue weighted by molar-refractivity contribution is 5.76. The minimum Gasteiger partial charge on any atom is -0.444 e. The molecule has 3 rings (SSSR count). The molecule has 6 heteroatoms. The number of aryl methyl sites for hydroxylation is 1. The summed E-state index contributed by atoms with van der Waals surface area (Å²) in [6.45, 7) is 8.81. The smallest absolute Gasteiger partial charge is 0.410 e. The minimum absolute atomic E-state index is 0.0775. The van der Waals surface area contributed by atoms with Gasteiger partial charge in [0.15, 0.2) is 0 Å². The van der Waals surface area contributed by atoms with Crippen molar-refractivity contribution in [3.8, 4) is 0 Å². The molecule has 1 amide bonds. The summed E-state index contributed by atoms with van der Waals surface area (Å²) in [5.74, 6) is 0. The zero-order valence-electron chi connectivity index (χ0n) is 14.8. The van der Waals surface area contributed by atoms with Gasteiger partial charge in [-0.25, -0.2) is 9.59 Å². The summed E-state index contributed by atoms with van der Waals surface area (Å²) in [5, 5.41) is 0. The number of aromatic nitrogens is 2. The standard InChI is InChI=1S/C18H25N3O3/c1-12-5-6-15-14(11-12)19-16(22)21(15)13-7-9-20(10-8-13)17(23)24-18(2,3)4/h5-6,11,13H,7-10H2,1-4H3,(H,19,22). The van der Waals surface area contributed by atoms with E-state index in [1.54, 1.807) is 4.90 Å². The number of hydrogen-bond donors (Lipinski definition) is 1. The number of imidazole rings is 1. The lowest BCUT2D eigenvalue weighted by atomic mass is 10.0. The fourth-order valence-electron chi connectivity index (χ4n) is 3.24. The Morgan fingerprint density at radius 2 is 1.92 bits per heavy atom. The summed E-state index contributed by atoms with van der Waals surface area (Å²) in [7, 11) is 0. The van der Waals surface area contributed by atoms with E-state index in [9.17, 15) is 9.59 Å². The molecule has 24 heavy (non-hydrogen) atoms. The lowest BCUT2D eigenvalue weighted by molar-refractivity contribution is 0.0189. The maximum atomic E-state index is 12.4. The second-order valence-corrected chi connectivity index (χ2v) is 7.52. The molecule has 2 aromatic rings. The summed E-state index contributed by atoms with van der Waals surface area (Å²) < 4.78 is 7.26. The quantitative estimate of drug-likeness (QED) is 0.872. The van der Waals surface area contributed by atoms with Crippen LogP contribution in [0.5, 0.6) is 0 Å². The third kappa shape index (κ3) is 3.32. The van der Waals surface area contributed by atoms with Crippen LogP contribution in [0.2, 0.25) is 0 Å². The molecule has 0 unspecified atom stereocenters. The third-order valence-corrected chi connectivity index (χ3v) is 4.35. The average molecular weight is 331 g/mol. The molecule has 0 spiro atoms. The molecule has 0 radical (unpaired) electrons. The van der Waals surface area contributed by atoms with E-state index in [-0.39, 0.29) is 17.8 Å². The maximum Gasteiger partial charge on any atom is 0.410 e. The van der Waals surface area contributed by atoms with E-state index < -0.39 is 5.60 Å². The van der Waals surface area contributed by atoms with Gasteiger partial charge in [-0.1, -0.05) is 6.07 Å². The number of piperidine rings is 1. The Kier molecular flexibility index (Phi) is 4.15. The zero-order chi connectivity index (χ0) is 17.5. The number of rotatable bonds is 1. The van der Waals surface area contributed by atoms with Gasteiger partial charge in [-0.3, -0.25) is 4.57 Å². The molecular weight excluding hydrogens is 306 g/mol. The highest BCUT2D eigenvalue weighted by Gasteiger charge is 2.28. The molecule has 0 aliphatic carbocycles. The van der Waals surface area contributed by atoms with Gasteiger partial charge in [-0.2, -0.15) is 0 Å².